The zero-order valence-electron chi connectivity index (χ0n) is 8.23. The van der Waals surface area contributed by atoms with Gasteiger partial charge < -0.3 is 4.74 Å². The van der Waals surface area contributed by atoms with E-state index in [1.807, 2.05) is 6.07 Å². The predicted octanol–water partition coefficient (Wildman–Crippen LogP) is 1.73. The molecule has 1 aromatic carbocycles. The van der Waals surface area contributed by atoms with E-state index in [9.17, 15) is 8.42 Å². The number of benzene rings is 1. The first-order chi connectivity index (χ1) is 7.00. The molecule has 0 radical (unpaired) electrons. The minimum absolute atomic E-state index is 0.160. The molecule has 0 fully saturated rings. The van der Waals surface area contributed by atoms with Gasteiger partial charge in [0.15, 0.2) is 0 Å². The molecule has 3 nitrogen and oxygen atoms in total. The lowest BCUT2D eigenvalue weighted by molar-refractivity contribution is 0.112. The number of rotatable bonds is 2. The Hall–Kier alpha value is -0.580. The van der Waals surface area contributed by atoms with Gasteiger partial charge in [-0.15, -0.1) is 0 Å². The first-order valence-corrected chi connectivity index (χ1v) is 6.91. The fraction of sp³-hybridized carbons (Fsp3) is 0.400. The SMILES string of the molecule is CO[C@@H]1Cc2ccc(S(=O)(=O)Cl)cc2C1. The second-order valence-electron chi connectivity index (χ2n) is 3.63. The van der Waals surface area contributed by atoms with Crippen LogP contribution in [0.5, 0.6) is 0 Å². The monoisotopic (exact) mass is 246 g/mol. The quantitative estimate of drug-likeness (QED) is 0.747. The third-order valence-electron chi connectivity index (χ3n) is 2.69. The lowest BCUT2D eigenvalue weighted by Crippen LogP contribution is -2.08. The predicted molar refractivity (Wildman–Crippen MR) is 57.7 cm³/mol. The van der Waals surface area contributed by atoms with Crippen LogP contribution >= 0.6 is 10.7 Å². The Balaban J connectivity index is 2.39. The van der Waals surface area contributed by atoms with Gasteiger partial charge in [-0.1, -0.05) is 6.07 Å². The maximum atomic E-state index is 11.1. The van der Waals surface area contributed by atoms with E-state index in [1.165, 1.54) is 0 Å². The summed E-state index contributed by atoms with van der Waals surface area (Å²) in [6, 6.07) is 4.99. The highest BCUT2D eigenvalue weighted by molar-refractivity contribution is 8.13. The number of methoxy groups -OCH3 is 1. The molecule has 0 unspecified atom stereocenters. The largest absolute Gasteiger partial charge is 0.381 e. The van der Waals surface area contributed by atoms with E-state index < -0.39 is 9.05 Å². The second kappa shape index (κ2) is 3.77. The van der Waals surface area contributed by atoms with Gasteiger partial charge in [-0.25, -0.2) is 8.42 Å². The van der Waals surface area contributed by atoms with E-state index in [4.69, 9.17) is 15.4 Å². The van der Waals surface area contributed by atoms with Crippen LogP contribution in [0.15, 0.2) is 23.1 Å². The molecule has 1 atom stereocenters. The van der Waals surface area contributed by atoms with Gasteiger partial charge in [0.05, 0.1) is 11.0 Å². The number of ether oxygens (including phenoxy) is 1. The molecule has 0 aromatic heterocycles. The highest BCUT2D eigenvalue weighted by Gasteiger charge is 2.22. The van der Waals surface area contributed by atoms with E-state index in [0.29, 0.717) is 0 Å². The van der Waals surface area contributed by atoms with E-state index in [1.54, 1.807) is 19.2 Å². The van der Waals surface area contributed by atoms with E-state index in [2.05, 4.69) is 0 Å². The van der Waals surface area contributed by atoms with Crippen LogP contribution in [0.3, 0.4) is 0 Å². The Kier molecular flexibility index (Phi) is 2.75. The van der Waals surface area contributed by atoms with Crippen LogP contribution in [0.1, 0.15) is 11.1 Å². The Morgan fingerprint density at radius 1 is 1.33 bits per heavy atom. The fourth-order valence-electron chi connectivity index (χ4n) is 1.87. The topological polar surface area (TPSA) is 43.4 Å². The summed E-state index contributed by atoms with van der Waals surface area (Å²) in [5, 5.41) is 0. The molecule has 0 saturated carbocycles. The van der Waals surface area contributed by atoms with Crippen LogP contribution in [0.25, 0.3) is 0 Å². The zero-order chi connectivity index (χ0) is 11.1. The molecule has 0 spiro atoms. The molecule has 0 amide bonds. The summed E-state index contributed by atoms with van der Waals surface area (Å²) in [7, 11) is 3.32. The van der Waals surface area contributed by atoms with Crippen molar-refractivity contribution in [2.45, 2.75) is 23.8 Å². The summed E-state index contributed by atoms with van der Waals surface area (Å²) in [6.07, 6.45) is 1.76. The third-order valence-corrected chi connectivity index (χ3v) is 4.04. The maximum absolute atomic E-state index is 11.1. The van der Waals surface area contributed by atoms with Crippen LogP contribution in [-0.4, -0.2) is 21.6 Å². The summed E-state index contributed by atoms with van der Waals surface area (Å²) >= 11 is 0. The number of hydrogen-bond donors (Lipinski definition) is 0. The Bertz CT molecular complexity index is 481. The summed E-state index contributed by atoms with van der Waals surface area (Å²) in [6.45, 7) is 0. The highest BCUT2D eigenvalue weighted by Crippen LogP contribution is 2.27. The second-order valence-corrected chi connectivity index (χ2v) is 6.20. The third kappa shape index (κ3) is 2.17. The zero-order valence-corrected chi connectivity index (χ0v) is 9.81. The Morgan fingerprint density at radius 2 is 2.00 bits per heavy atom. The van der Waals surface area contributed by atoms with Crippen molar-refractivity contribution in [1.29, 1.82) is 0 Å². The highest BCUT2D eigenvalue weighted by atomic mass is 35.7. The van der Waals surface area contributed by atoms with Gasteiger partial charge in [0.25, 0.3) is 9.05 Å². The lowest BCUT2D eigenvalue weighted by atomic mass is 10.1. The molecule has 15 heavy (non-hydrogen) atoms. The standard InChI is InChI=1S/C10H11ClO3S/c1-14-9-4-7-2-3-10(15(11,12)13)6-8(7)5-9/h2-3,6,9H,4-5H2,1H3/t9-/m1/s1. The van der Waals surface area contributed by atoms with Crippen LogP contribution in [0.2, 0.25) is 0 Å². The maximum Gasteiger partial charge on any atom is 0.261 e. The Morgan fingerprint density at radius 3 is 2.60 bits per heavy atom. The van der Waals surface area contributed by atoms with Gasteiger partial charge in [-0.2, -0.15) is 0 Å². The lowest BCUT2D eigenvalue weighted by Gasteiger charge is -2.03. The van der Waals surface area contributed by atoms with Gasteiger partial charge in [0.1, 0.15) is 0 Å². The molecule has 1 aliphatic carbocycles. The summed E-state index contributed by atoms with van der Waals surface area (Å²) < 4.78 is 27.5. The van der Waals surface area contributed by atoms with Crippen molar-refractivity contribution in [2.24, 2.45) is 0 Å². The molecule has 0 saturated heterocycles. The number of halogens is 1. The summed E-state index contributed by atoms with van der Waals surface area (Å²) in [5.41, 5.74) is 2.16. The normalized spacial score (nSPS) is 20.3. The summed E-state index contributed by atoms with van der Waals surface area (Å²) in [4.78, 5) is 0.166. The Labute approximate surface area is 93.4 Å². The van der Waals surface area contributed by atoms with Gasteiger partial charge in [-0.3, -0.25) is 0 Å². The molecule has 1 aromatic rings. The van der Waals surface area contributed by atoms with E-state index >= 15 is 0 Å². The first kappa shape index (κ1) is 10.9. The van der Waals surface area contributed by atoms with Crippen molar-refractivity contribution in [2.75, 3.05) is 7.11 Å². The van der Waals surface area contributed by atoms with Crippen LogP contribution < -0.4 is 0 Å². The van der Waals surface area contributed by atoms with Crippen LogP contribution in [0, 0.1) is 0 Å². The molecule has 82 valence electrons. The van der Waals surface area contributed by atoms with Crippen molar-refractivity contribution in [3.05, 3.63) is 29.3 Å². The van der Waals surface area contributed by atoms with Gasteiger partial charge in [0.2, 0.25) is 0 Å². The molecule has 0 bridgehead atoms. The van der Waals surface area contributed by atoms with Crippen molar-refractivity contribution >= 4 is 19.7 Å². The fourth-order valence-corrected chi connectivity index (χ4v) is 2.67. The molecule has 1 aliphatic rings. The molecular formula is C10H11ClO3S. The number of hydrogen-bond acceptors (Lipinski definition) is 3. The summed E-state index contributed by atoms with van der Waals surface area (Å²) in [5.74, 6) is 0. The smallest absolute Gasteiger partial charge is 0.261 e. The van der Waals surface area contributed by atoms with Crippen LogP contribution in [-0.2, 0) is 26.6 Å². The van der Waals surface area contributed by atoms with Gasteiger partial charge >= 0.3 is 0 Å². The number of fused-ring (bicyclic) bond motifs is 1. The molecular weight excluding hydrogens is 236 g/mol. The van der Waals surface area contributed by atoms with Crippen molar-refractivity contribution in [3.63, 3.8) is 0 Å². The minimum atomic E-state index is -3.62. The average molecular weight is 247 g/mol. The van der Waals surface area contributed by atoms with Crippen LogP contribution in [0.4, 0.5) is 0 Å². The van der Waals surface area contributed by atoms with Crippen molar-refractivity contribution in [1.82, 2.24) is 0 Å². The van der Waals surface area contributed by atoms with Gasteiger partial charge in [-0.05, 0) is 36.1 Å². The minimum Gasteiger partial charge on any atom is -0.381 e. The average Bonchev–Trinajstić information content (AvgIpc) is 2.57. The molecule has 0 aliphatic heterocycles. The van der Waals surface area contributed by atoms with Crippen molar-refractivity contribution in [3.8, 4) is 0 Å². The molecule has 5 heteroatoms. The molecule has 2 rings (SSSR count). The molecule has 0 heterocycles. The van der Waals surface area contributed by atoms with E-state index in [-0.39, 0.29) is 11.0 Å². The van der Waals surface area contributed by atoms with Gasteiger partial charge in [0, 0.05) is 17.8 Å². The van der Waals surface area contributed by atoms with Crippen molar-refractivity contribution < 1.29 is 13.2 Å². The first-order valence-electron chi connectivity index (χ1n) is 4.60. The van der Waals surface area contributed by atoms with E-state index in [0.717, 1.165) is 24.0 Å². The molecule has 0 N–H and O–H groups in total.